The summed E-state index contributed by atoms with van der Waals surface area (Å²) in [5.74, 6) is 0.697. The molecule has 0 radical (unpaired) electrons. The minimum absolute atomic E-state index is 0.324. The van der Waals surface area contributed by atoms with Gasteiger partial charge in [-0.05, 0) is 12.1 Å². The van der Waals surface area contributed by atoms with Gasteiger partial charge in [0.05, 0.1) is 18.1 Å². The van der Waals surface area contributed by atoms with Crippen LogP contribution in [0, 0.1) is 5.82 Å². The molecule has 0 aliphatic heterocycles. The number of hydrogen-bond donors (Lipinski definition) is 1. The normalized spacial score (nSPS) is 9.88. The van der Waals surface area contributed by atoms with Crippen molar-refractivity contribution < 1.29 is 9.13 Å². The summed E-state index contributed by atoms with van der Waals surface area (Å²) >= 11 is 0. The van der Waals surface area contributed by atoms with Crippen LogP contribution < -0.4 is 10.1 Å². The van der Waals surface area contributed by atoms with Crippen LogP contribution in [0.15, 0.2) is 42.7 Å². The Balaban J connectivity index is 2.20. The first-order valence-electron chi connectivity index (χ1n) is 4.84. The van der Waals surface area contributed by atoms with E-state index in [1.807, 2.05) is 0 Å². The average Bonchev–Trinajstić information content (AvgIpc) is 2.29. The molecule has 0 saturated heterocycles. The molecule has 4 heteroatoms. The second-order valence-corrected chi connectivity index (χ2v) is 3.22. The second-order valence-electron chi connectivity index (χ2n) is 3.22. The fraction of sp³-hybridized carbons (Fsp3) is 0.0833. The van der Waals surface area contributed by atoms with E-state index in [9.17, 15) is 4.39 Å². The van der Waals surface area contributed by atoms with E-state index in [1.165, 1.54) is 12.1 Å². The van der Waals surface area contributed by atoms with Crippen LogP contribution in [0.1, 0.15) is 0 Å². The molecule has 1 aromatic carbocycles. The van der Waals surface area contributed by atoms with Crippen molar-refractivity contribution in [2.75, 3.05) is 12.4 Å². The Hall–Kier alpha value is -2.10. The summed E-state index contributed by atoms with van der Waals surface area (Å²) in [4.78, 5) is 3.99. The van der Waals surface area contributed by atoms with Gasteiger partial charge in [0.25, 0.3) is 0 Å². The zero-order valence-corrected chi connectivity index (χ0v) is 8.77. The number of rotatable bonds is 3. The van der Waals surface area contributed by atoms with E-state index >= 15 is 0 Å². The molecule has 3 nitrogen and oxygen atoms in total. The summed E-state index contributed by atoms with van der Waals surface area (Å²) in [6, 6.07) is 7.77. The van der Waals surface area contributed by atoms with Crippen LogP contribution in [-0.4, -0.2) is 12.0 Å². The molecule has 2 aromatic rings. The van der Waals surface area contributed by atoms with Crippen LogP contribution in [0.4, 0.5) is 10.1 Å². The molecule has 0 saturated carbocycles. The molecular formula is C12H11FN2O. The largest absolute Gasteiger partial charge is 0.456 e. The van der Waals surface area contributed by atoms with Crippen molar-refractivity contribution in [2.45, 2.75) is 0 Å². The van der Waals surface area contributed by atoms with Crippen molar-refractivity contribution >= 4 is 5.69 Å². The Morgan fingerprint density at radius 2 is 2.06 bits per heavy atom. The number of ether oxygens (including phenoxy) is 1. The first kappa shape index (κ1) is 10.4. The minimum atomic E-state index is -0.324. The number of benzene rings is 1. The van der Waals surface area contributed by atoms with Gasteiger partial charge in [0.2, 0.25) is 0 Å². The summed E-state index contributed by atoms with van der Waals surface area (Å²) in [7, 11) is 1.79. The number of nitrogens with zero attached hydrogens (tertiary/aromatic N) is 1. The maximum atomic E-state index is 12.9. The molecule has 16 heavy (non-hydrogen) atoms. The van der Waals surface area contributed by atoms with Gasteiger partial charge in [-0.25, -0.2) is 4.39 Å². The first-order chi connectivity index (χ1) is 7.78. The Kier molecular flexibility index (Phi) is 3.00. The number of halogens is 1. The average molecular weight is 218 g/mol. The summed E-state index contributed by atoms with van der Waals surface area (Å²) < 4.78 is 18.4. The van der Waals surface area contributed by atoms with Crippen molar-refractivity contribution in [3.63, 3.8) is 0 Å². The van der Waals surface area contributed by atoms with Gasteiger partial charge in [-0.1, -0.05) is 6.07 Å². The van der Waals surface area contributed by atoms with E-state index in [0.29, 0.717) is 11.5 Å². The lowest BCUT2D eigenvalue weighted by Gasteiger charge is -2.06. The fourth-order valence-corrected chi connectivity index (χ4v) is 1.28. The van der Waals surface area contributed by atoms with Crippen LogP contribution in [0.3, 0.4) is 0 Å². The number of anilines is 1. The lowest BCUT2D eigenvalue weighted by atomic mass is 10.3. The van der Waals surface area contributed by atoms with Crippen molar-refractivity contribution in [1.29, 1.82) is 0 Å². The Morgan fingerprint density at radius 3 is 2.81 bits per heavy atom. The summed E-state index contributed by atoms with van der Waals surface area (Å²) in [5, 5.41) is 2.95. The fourth-order valence-electron chi connectivity index (χ4n) is 1.28. The zero-order valence-electron chi connectivity index (χ0n) is 8.77. The SMILES string of the molecule is CNc1cncc(Oc2cccc(F)c2)c1. The highest BCUT2D eigenvalue weighted by Crippen LogP contribution is 2.23. The molecule has 0 spiro atoms. The van der Waals surface area contributed by atoms with E-state index in [2.05, 4.69) is 10.3 Å². The maximum Gasteiger partial charge on any atom is 0.147 e. The van der Waals surface area contributed by atoms with Crippen LogP contribution in [0.25, 0.3) is 0 Å². The Labute approximate surface area is 92.9 Å². The Morgan fingerprint density at radius 1 is 1.19 bits per heavy atom. The quantitative estimate of drug-likeness (QED) is 0.859. The molecule has 0 aliphatic carbocycles. The lowest BCUT2D eigenvalue weighted by molar-refractivity contribution is 0.475. The highest BCUT2D eigenvalue weighted by Gasteiger charge is 2.00. The van der Waals surface area contributed by atoms with Crippen molar-refractivity contribution in [2.24, 2.45) is 0 Å². The van der Waals surface area contributed by atoms with E-state index in [0.717, 1.165) is 5.69 Å². The molecule has 0 aliphatic rings. The number of pyridine rings is 1. The van der Waals surface area contributed by atoms with Gasteiger partial charge >= 0.3 is 0 Å². The smallest absolute Gasteiger partial charge is 0.147 e. The van der Waals surface area contributed by atoms with Gasteiger partial charge in [0, 0.05) is 19.2 Å². The van der Waals surface area contributed by atoms with Crippen LogP contribution in [0.5, 0.6) is 11.5 Å². The van der Waals surface area contributed by atoms with E-state index in [1.54, 1.807) is 37.6 Å². The van der Waals surface area contributed by atoms with E-state index in [-0.39, 0.29) is 5.82 Å². The van der Waals surface area contributed by atoms with Crippen molar-refractivity contribution in [3.05, 3.63) is 48.5 Å². The third kappa shape index (κ3) is 2.48. The Bertz CT molecular complexity index is 488. The summed E-state index contributed by atoms with van der Waals surface area (Å²) in [6.45, 7) is 0. The summed E-state index contributed by atoms with van der Waals surface area (Å²) in [5.41, 5.74) is 0.842. The van der Waals surface area contributed by atoms with Crippen molar-refractivity contribution in [3.8, 4) is 11.5 Å². The van der Waals surface area contributed by atoms with Crippen LogP contribution in [-0.2, 0) is 0 Å². The number of aromatic nitrogens is 1. The molecular weight excluding hydrogens is 207 g/mol. The standard InChI is InChI=1S/C12H11FN2O/c1-14-10-6-12(8-15-7-10)16-11-4-2-3-9(13)5-11/h2-8,14H,1H3. The first-order valence-corrected chi connectivity index (χ1v) is 4.84. The topological polar surface area (TPSA) is 34.2 Å². The highest BCUT2D eigenvalue weighted by atomic mass is 19.1. The molecule has 1 heterocycles. The van der Waals surface area contributed by atoms with E-state index < -0.39 is 0 Å². The van der Waals surface area contributed by atoms with E-state index in [4.69, 9.17) is 4.74 Å². The molecule has 82 valence electrons. The van der Waals surface area contributed by atoms with Crippen LogP contribution in [0.2, 0.25) is 0 Å². The lowest BCUT2D eigenvalue weighted by Crippen LogP contribution is -1.91. The molecule has 0 fully saturated rings. The van der Waals surface area contributed by atoms with Gasteiger partial charge in [-0.3, -0.25) is 4.98 Å². The summed E-state index contributed by atoms with van der Waals surface area (Å²) in [6.07, 6.45) is 3.25. The number of hydrogen-bond acceptors (Lipinski definition) is 3. The van der Waals surface area contributed by atoms with Gasteiger partial charge in [-0.2, -0.15) is 0 Å². The molecule has 0 atom stereocenters. The molecule has 0 amide bonds. The molecule has 2 rings (SSSR count). The monoisotopic (exact) mass is 218 g/mol. The van der Waals surface area contributed by atoms with Crippen LogP contribution >= 0.6 is 0 Å². The van der Waals surface area contributed by atoms with Crippen molar-refractivity contribution in [1.82, 2.24) is 4.98 Å². The molecule has 0 unspecified atom stereocenters. The van der Waals surface area contributed by atoms with Gasteiger partial charge < -0.3 is 10.1 Å². The third-order valence-electron chi connectivity index (χ3n) is 2.03. The van der Waals surface area contributed by atoms with Gasteiger partial charge in [0.15, 0.2) is 0 Å². The predicted molar refractivity (Wildman–Crippen MR) is 60.3 cm³/mol. The molecule has 1 aromatic heterocycles. The predicted octanol–water partition coefficient (Wildman–Crippen LogP) is 3.05. The molecule has 0 bridgehead atoms. The molecule has 1 N–H and O–H groups in total. The highest BCUT2D eigenvalue weighted by molar-refractivity contribution is 5.45. The third-order valence-corrected chi connectivity index (χ3v) is 2.03. The van der Waals surface area contributed by atoms with Gasteiger partial charge in [0.1, 0.15) is 17.3 Å². The van der Waals surface area contributed by atoms with Gasteiger partial charge in [-0.15, -0.1) is 0 Å². The maximum absolute atomic E-state index is 12.9. The number of nitrogens with one attached hydrogen (secondary N) is 1. The minimum Gasteiger partial charge on any atom is -0.456 e. The second kappa shape index (κ2) is 4.61. The zero-order chi connectivity index (χ0) is 11.4.